The van der Waals surface area contributed by atoms with Gasteiger partial charge in [0, 0.05) is 31.5 Å². The summed E-state index contributed by atoms with van der Waals surface area (Å²) >= 11 is 0. The fourth-order valence-corrected chi connectivity index (χ4v) is 1.31. The highest BCUT2D eigenvalue weighted by Crippen LogP contribution is 2.12. The van der Waals surface area contributed by atoms with Crippen LogP contribution in [0, 0.1) is 6.92 Å². The zero-order valence-electron chi connectivity index (χ0n) is 9.95. The van der Waals surface area contributed by atoms with E-state index in [1.807, 2.05) is 13.8 Å². The average Bonchev–Trinajstić information content (AvgIpc) is 2.29. The molecule has 0 bridgehead atoms. The Morgan fingerprint density at radius 3 is 2.81 bits per heavy atom. The monoisotopic (exact) mass is 224 g/mol. The molecule has 0 aromatic carbocycles. The Labute approximate surface area is 96.3 Å². The van der Waals surface area contributed by atoms with Crippen molar-refractivity contribution in [3.05, 3.63) is 11.8 Å². The van der Waals surface area contributed by atoms with Crippen molar-refractivity contribution >= 4 is 11.8 Å². The predicted molar refractivity (Wildman–Crippen MR) is 65.7 cm³/mol. The first-order chi connectivity index (χ1) is 7.77. The molecule has 1 aromatic heterocycles. The molecule has 1 aromatic rings. The number of aliphatic hydroxyl groups is 1. The minimum absolute atomic E-state index is 0.243. The molecule has 0 fully saturated rings. The molecule has 0 radical (unpaired) electrons. The molecule has 16 heavy (non-hydrogen) atoms. The van der Waals surface area contributed by atoms with Crippen LogP contribution in [0.5, 0.6) is 0 Å². The molecule has 5 nitrogen and oxygen atoms in total. The minimum Gasteiger partial charge on any atom is -0.396 e. The number of nitrogens with one attached hydrogen (secondary N) is 2. The number of nitrogens with zero attached hydrogens (tertiary/aromatic N) is 2. The average molecular weight is 224 g/mol. The van der Waals surface area contributed by atoms with E-state index < -0.39 is 0 Å². The number of unbranched alkanes of at least 4 members (excludes halogenated alkanes) is 1. The molecule has 0 aliphatic rings. The molecule has 0 spiro atoms. The van der Waals surface area contributed by atoms with Crippen LogP contribution in [0.25, 0.3) is 0 Å². The highest BCUT2D eigenvalue weighted by molar-refractivity contribution is 5.46. The number of hydrogen-bond donors (Lipinski definition) is 3. The first-order valence-electron chi connectivity index (χ1n) is 5.70. The molecule has 0 saturated heterocycles. The third-order valence-corrected chi connectivity index (χ3v) is 2.18. The standard InChI is InChI=1S/C11H20N4O/c1-3-12-11-14-8-9(2)10(15-11)13-6-4-5-7-16/h8,16H,3-7H2,1-2H3,(H2,12,13,14,15). The largest absolute Gasteiger partial charge is 0.396 e. The van der Waals surface area contributed by atoms with Crippen LogP contribution in [0.2, 0.25) is 0 Å². The number of anilines is 2. The maximum atomic E-state index is 8.67. The van der Waals surface area contributed by atoms with E-state index in [0.717, 1.165) is 37.3 Å². The predicted octanol–water partition coefficient (Wildman–Crippen LogP) is 1.40. The molecule has 0 unspecified atom stereocenters. The molecule has 90 valence electrons. The van der Waals surface area contributed by atoms with Crippen molar-refractivity contribution in [1.82, 2.24) is 9.97 Å². The lowest BCUT2D eigenvalue weighted by molar-refractivity contribution is 0.286. The van der Waals surface area contributed by atoms with Crippen LogP contribution in [-0.2, 0) is 0 Å². The summed E-state index contributed by atoms with van der Waals surface area (Å²) < 4.78 is 0. The second kappa shape index (κ2) is 7.00. The summed E-state index contributed by atoms with van der Waals surface area (Å²) in [6.45, 7) is 5.87. The zero-order valence-corrected chi connectivity index (χ0v) is 9.95. The lowest BCUT2D eigenvalue weighted by atomic mass is 10.3. The van der Waals surface area contributed by atoms with Gasteiger partial charge >= 0.3 is 0 Å². The van der Waals surface area contributed by atoms with E-state index in [1.54, 1.807) is 6.20 Å². The Morgan fingerprint density at radius 1 is 1.31 bits per heavy atom. The van der Waals surface area contributed by atoms with Crippen LogP contribution in [0.3, 0.4) is 0 Å². The Balaban J connectivity index is 2.52. The second-order valence-electron chi connectivity index (χ2n) is 3.61. The summed E-state index contributed by atoms with van der Waals surface area (Å²) in [5.74, 6) is 1.52. The van der Waals surface area contributed by atoms with Gasteiger partial charge in [-0.2, -0.15) is 4.98 Å². The lowest BCUT2D eigenvalue weighted by Gasteiger charge is -2.09. The van der Waals surface area contributed by atoms with Crippen molar-refractivity contribution in [2.75, 3.05) is 30.3 Å². The Bertz CT molecular complexity index is 317. The maximum Gasteiger partial charge on any atom is 0.224 e. The van der Waals surface area contributed by atoms with Gasteiger partial charge in [0.05, 0.1) is 0 Å². The molecule has 0 amide bonds. The fourth-order valence-electron chi connectivity index (χ4n) is 1.31. The molecule has 1 heterocycles. The highest BCUT2D eigenvalue weighted by atomic mass is 16.2. The Morgan fingerprint density at radius 2 is 2.12 bits per heavy atom. The Kier molecular flexibility index (Phi) is 5.56. The van der Waals surface area contributed by atoms with Crippen LogP contribution in [0.4, 0.5) is 11.8 Å². The quantitative estimate of drug-likeness (QED) is 0.611. The van der Waals surface area contributed by atoms with Crippen LogP contribution in [0.1, 0.15) is 25.3 Å². The van der Waals surface area contributed by atoms with Crippen LogP contribution < -0.4 is 10.6 Å². The molecule has 0 aliphatic heterocycles. The molecule has 0 aliphatic carbocycles. The molecule has 0 atom stereocenters. The lowest BCUT2D eigenvalue weighted by Crippen LogP contribution is -2.09. The van der Waals surface area contributed by atoms with Gasteiger partial charge in [-0.15, -0.1) is 0 Å². The number of aryl methyl sites for hydroxylation is 1. The summed E-state index contributed by atoms with van der Waals surface area (Å²) in [6, 6.07) is 0. The summed E-state index contributed by atoms with van der Waals surface area (Å²) in [6.07, 6.45) is 3.56. The zero-order chi connectivity index (χ0) is 11.8. The molecule has 3 N–H and O–H groups in total. The third-order valence-electron chi connectivity index (χ3n) is 2.18. The third kappa shape index (κ3) is 4.02. The second-order valence-corrected chi connectivity index (χ2v) is 3.61. The van der Waals surface area contributed by atoms with Gasteiger partial charge in [0.1, 0.15) is 5.82 Å². The normalized spacial score (nSPS) is 10.2. The van der Waals surface area contributed by atoms with E-state index in [9.17, 15) is 0 Å². The van der Waals surface area contributed by atoms with E-state index in [2.05, 4.69) is 20.6 Å². The molecular weight excluding hydrogens is 204 g/mol. The van der Waals surface area contributed by atoms with Crippen molar-refractivity contribution in [2.45, 2.75) is 26.7 Å². The molecular formula is C11H20N4O. The molecule has 1 rings (SSSR count). The van der Waals surface area contributed by atoms with E-state index in [1.165, 1.54) is 0 Å². The summed E-state index contributed by atoms with van der Waals surface area (Å²) in [5, 5.41) is 15.0. The van der Waals surface area contributed by atoms with Gasteiger partial charge in [0.2, 0.25) is 5.95 Å². The highest BCUT2D eigenvalue weighted by Gasteiger charge is 2.02. The van der Waals surface area contributed by atoms with Gasteiger partial charge < -0.3 is 15.7 Å². The minimum atomic E-state index is 0.243. The summed E-state index contributed by atoms with van der Waals surface area (Å²) in [7, 11) is 0. The fraction of sp³-hybridized carbons (Fsp3) is 0.636. The molecule has 5 heteroatoms. The van der Waals surface area contributed by atoms with Crippen LogP contribution >= 0.6 is 0 Å². The van der Waals surface area contributed by atoms with Gasteiger partial charge in [-0.25, -0.2) is 4.98 Å². The van der Waals surface area contributed by atoms with Gasteiger partial charge in [-0.05, 0) is 26.7 Å². The maximum absolute atomic E-state index is 8.67. The van der Waals surface area contributed by atoms with E-state index in [-0.39, 0.29) is 6.61 Å². The summed E-state index contributed by atoms with van der Waals surface area (Å²) in [4.78, 5) is 8.53. The van der Waals surface area contributed by atoms with E-state index >= 15 is 0 Å². The number of aliphatic hydroxyl groups excluding tert-OH is 1. The first-order valence-corrected chi connectivity index (χ1v) is 5.70. The van der Waals surface area contributed by atoms with Crippen molar-refractivity contribution in [3.63, 3.8) is 0 Å². The van der Waals surface area contributed by atoms with Crippen molar-refractivity contribution < 1.29 is 5.11 Å². The van der Waals surface area contributed by atoms with Gasteiger partial charge in [-0.3, -0.25) is 0 Å². The van der Waals surface area contributed by atoms with Gasteiger partial charge in [-0.1, -0.05) is 0 Å². The summed E-state index contributed by atoms with van der Waals surface area (Å²) in [5.41, 5.74) is 1.03. The van der Waals surface area contributed by atoms with E-state index in [0.29, 0.717) is 5.95 Å². The first kappa shape index (κ1) is 12.7. The number of rotatable bonds is 7. The van der Waals surface area contributed by atoms with Crippen molar-refractivity contribution in [1.29, 1.82) is 0 Å². The van der Waals surface area contributed by atoms with Crippen LogP contribution in [0.15, 0.2) is 6.20 Å². The molecule has 0 saturated carbocycles. The van der Waals surface area contributed by atoms with Gasteiger partial charge in [0.25, 0.3) is 0 Å². The topological polar surface area (TPSA) is 70.1 Å². The van der Waals surface area contributed by atoms with Gasteiger partial charge in [0.15, 0.2) is 0 Å². The van der Waals surface area contributed by atoms with Crippen molar-refractivity contribution in [3.8, 4) is 0 Å². The smallest absolute Gasteiger partial charge is 0.224 e. The van der Waals surface area contributed by atoms with Crippen molar-refractivity contribution in [2.24, 2.45) is 0 Å². The Hall–Kier alpha value is -1.36. The van der Waals surface area contributed by atoms with Crippen LogP contribution in [-0.4, -0.2) is 34.8 Å². The number of hydrogen-bond acceptors (Lipinski definition) is 5. The SMILES string of the molecule is CCNc1ncc(C)c(NCCCCO)n1. The van der Waals surface area contributed by atoms with E-state index in [4.69, 9.17) is 5.11 Å². The number of aromatic nitrogens is 2.